The van der Waals surface area contributed by atoms with Crippen molar-refractivity contribution in [1.82, 2.24) is 119 Å². The smallest absolute Gasteiger partial charge is 0.160 e. The SMILES string of the molecule is CN(C)CCCn1cc(-c2cncc(-c3cc(-c4cc(Cl)ccc4F)nc4ncccc34)c2)cn1.CN1CCC(n2cc(-c3cncc(-c4cc(-c5ccccc5F)nc5ncccc45)c3)cn2)CC1.Fc1ccc(Cl)cc1-c1cc(-c2cncc(-c3cnn(CCN4CCOCC4)c3)c2)c2cccnc2n1.Fc1ccccc1-c1cc(-c2cncc(-c3cnn(C4CCNCC4)c3)c2)c2cccnc2n1. The van der Waals surface area contributed by atoms with Gasteiger partial charge < -0.3 is 19.9 Å². The second-order valence-electron chi connectivity index (χ2n) is 35.3. The van der Waals surface area contributed by atoms with E-state index in [1.54, 1.807) is 73.6 Å². The Kier molecular flexibility index (Phi) is 28.4. The number of hydrogen-bond donors (Lipinski definition) is 1. The highest BCUT2D eigenvalue weighted by Gasteiger charge is 2.25. The Labute approximate surface area is 820 Å². The van der Waals surface area contributed by atoms with Crippen molar-refractivity contribution in [2.24, 2.45) is 0 Å². The Morgan fingerprint density at radius 1 is 0.348 bits per heavy atom. The molecule has 4 aromatic carbocycles. The number of aryl methyl sites for hydroxylation is 1. The van der Waals surface area contributed by atoms with Gasteiger partial charge in [0.15, 0.2) is 22.6 Å². The molecule has 16 aromatic heterocycles. The van der Waals surface area contributed by atoms with Gasteiger partial charge in [-0.15, -0.1) is 0 Å². The van der Waals surface area contributed by atoms with E-state index in [2.05, 4.69) is 167 Å². The molecule has 20 aromatic rings. The molecule has 19 heterocycles. The van der Waals surface area contributed by atoms with Crippen molar-refractivity contribution < 1.29 is 22.3 Å². The number of aromatic nitrogens is 20. The summed E-state index contributed by atoms with van der Waals surface area (Å²) in [6.07, 6.45) is 42.6. The highest BCUT2D eigenvalue weighted by Crippen LogP contribution is 2.42. The second-order valence-corrected chi connectivity index (χ2v) is 36.2. The van der Waals surface area contributed by atoms with Gasteiger partial charge in [0.25, 0.3) is 0 Å². The number of likely N-dealkylation sites (tertiary alicyclic amines) is 1. The zero-order chi connectivity index (χ0) is 96.2. The number of benzene rings is 4. The molecule has 25 nitrogen and oxygen atoms in total. The van der Waals surface area contributed by atoms with E-state index in [1.165, 1.54) is 36.4 Å². The summed E-state index contributed by atoms with van der Waals surface area (Å²) in [6.45, 7) is 11.3. The number of hydrogen-bond acceptors (Lipinski definition) is 21. The van der Waals surface area contributed by atoms with E-state index in [-0.39, 0.29) is 11.6 Å². The van der Waals surface area contributed by atoms with Gasteiger partial charge in [-0.1, -0.05) is 47.5 Å². The largest absolute Gasteiger partial charge is 0.379 e. The molecule has 0 atom stereocenters. The van der Waals surface area contributed by atoms with Crippen LogP contribution in [0.5, 0.6) is 0 Å². The molecule has 704 valence electrons. The minimum atomic E-state index is -0.394. The summed E-state index contributed by atoms with van der Waals surface area (Å²) < 4.78 is 72.0. The highest BCUT2D eigenvalue weighted by molar-refractivity contribution is 6.31. The maximum Gasteiger partial charge on any atom is 0.160 e. The average molecular weight is 1920 g/mol. The summed E-state index contributed by atoms with van der Waals surface area (Å²) in [5.41, 5.74) is 20.8. The summed E-state index contributed by atoms with van der Waals surface area (Å²) in [4.78, 5) is 61.3. The minimum Gasteiger partial charge on any atom is -0.379 e. The Bertz CT molecular complexity index is 7870. The summed E-state index contributed by atoms with van der Waals surface area (Å²) >= 11 is 12.3. The van der Waals surface area contributed by atoms with Crippen LogP contribution in [0.4, 0.5) is 17.6 Å². The summed E-state index contributed by atoms with van der Waals surface area (Å²) in [7, 11) is 6.30. The summed E-state index contributed by atoms with van der Waals surface area (Å²) in [5, 5.41) is 26.2. The molecule has 0 unspecified atom stereocenters. The first kappa shape index (κ1) is 93.3. The number of pyridine rings is 12. The van der Waals surface area contributed by atoms with Crippen LogP contribution in [0.2, 0.25) is 10.0 Å². The van der Waals surface area contributed by atoms with Gasteiger partial charge >= 0.3 is 0 Å². The fourth-order valence-corrected chi connectivity index (χ4v) is 18.4. The quantitative estimate of drug-likeness (QED) is 0.0656. The zero-order valence-electron chi connectivity index (χ0n) is 77.5. The molecule has 1 N–H and O–H groups in total. The van der Waals surface area contributed by atoms with E-state index in [1.807, 2.05) is 169 Å². The maximum absolute atomic E-state index is 14.7. The van der Waals surface area contributed by atoms with Crippen molar-refractivity contribution in [2.45, 2.75) is 57.3 Å². The normalized spacial score (nSPS) is 13.8. The van der Waals surface area contributed by atoms with Gasteiger partial charge in [0, 0.05) is 246 Å². The molecule has 3 fully saturated rings. The predicted octanol–water partition coefficient (Wildman–Crippen LogP) is 22.2. The monoisotopic (exact) mass is 1910 g/mol. The second kappa shape index (κ2) is 43.0. The summed E-state index contributed by atoms with van der Waals surface area (Å²) in [6, 6.07) is 54.4. The number of nitrogens with zero attached hydrogens (tertiary/aromatic N) is 23. The third-order valence-electron chi connectivity index (χ3n) is 25.5. The van der Waals surface area contributed by atoms with E-state index in [0.29, 0.717) is 89.7 Å². The van der Waals surface area contributed by atoms with Crippen molar-refractivity contribution in [3.63, 3.8) is 0 Å². The lowest BCUT2D eigenvalue weighted by atomic mass is 9.99. The number of morpholine rings is 1. The molecular formula is C110H96Cl2F4N24O. The first-order valence-corrected chi connectivity index (χ1v) is 47.5. The van der Waals surface area contributed by atoms with Crippen molar-refractivity contribution >= 4 is 67.3 Å². The van der Waals surface area contributed by atoms with Crippen LogP contribution in [-0.4, -0.2) is 200 Å². The van der Waals surface area contributed by atoms with Crippen LogP contribution in [0, 0.1) is 23.3 Å². The van der Waals surface area contributed by atoms with Gasteiger partial charge in [-0.2, -0.15) is 20.4 Å². The van der Waals surface area contributed by atoms with Crippen molar-refractivity contribution in [2.75, 3.05) is 86.7 Å². The first-order chi connectivity index (χ1) is 69.0. The lowest BCUT2D eigenvalue weighted by molar-refractivity contribution is 0.0360. The number of fused-ring (bicyclic) bond motifs is 4. The van der Waals surface area contributed by atoms with Crippen LogP contribution in [-0.2, 0) is 17.8 Å². The Hall–Kier alpha value is -15.3. The molecule has 23 rings (SSSR count). The Balaban J connectivity index is 0.000000115. The van der Waals surface area contributed by atoms with Crippen LogP contribution in [0.25, 0.3) is 178 Å². The maximum atomic E-state index is 14.7. The third-order valence-corrected chi connectivity index (χ3v) is 26.0. The number of ether oxygens (including phenoxy) is 1. The Morgan fingerprint density at radius 2 is 0.702 bits per heavy atom. The van der Waals surface area contributed by atoms with Gasteiger partial charge in [0.2, 0.25) is 0 Å². The number of rotatable bonds is 21. The molecule has 0 bridgehead atoms. The van der Waals surface area contributed by atoms with Crippen LogP contribution in [0.3, 0.4) is 0 Å². The fourth-order valence-electron chi connectivity index (χ4n) is 18.0. The lowest BCUT2D eigenvalue weighted by Gasteiger charge is -2.28. The third kappa shape index (κ3) is 21.7. The Morgan fingerprint density at radius 3 is 1.10 bits per heavy atom. The molecule has 0 saturated carbocycles. The van der Waals surface area contributed by atoms with Gasteiger partial charge in [-0.3, -0.25) is 43.6 Å². The molecule has 3 aliphatic heterocycles. The van der Waals surface area contributed by atoms with Gasteiger partial charge in [-0.05, 0) is 266 Å². The topological polar surface area (TPSA) is 257 Å². The zero-order valence-corrected chi connectivity index (χ0v) is 79.0. The highest BCUT2D eigenvalue weighted by atomic mass is 35.5. The minimum absolute atomic E-state index is 0.311. The van der Waals surface area contributed by atoms with Crippen LogP contribution < -0.4 is 5.32 Å². The van der Waals surface area contributed by atoms with Crippen LogP contribution >= 0.6 is 23.2 Å². The van der Waals surface area contributed by atoms with Gasteiger partial charge in [0.05, 0.1) is 79.4 Å². The van der Waals surface area contributed by atoms with E-state index >= 15 is 0 Å². The van der Waals surface area contributed by atoms with E-state index in [0.717, 1.165) is 221 Å². The van der Waals surface area contributed by atoms with E-state index in [9.17, 15) is 17.6 Å². The number of piperidine rings is 2. The molecule has 3 aliphatic rings. The van der Waals surface area contributed by atoms with Crippen LogP contribution in [0.1, 0.15) is 44.2 Å². The molecule has 0 radical (unpaired) electrons. The number of nitrogens with one attached hydrogen (secondary N) is 1. The molecule has 31 heteroatoms. The molecule has 0 aliphatic carbocycles. The molecule has 3 saturated heterocycles. The van der Waals surface area contributed by atoms with Crippen molar-refractivity contribution in [1.29, 1.82) is 0 Å². The van der Waals surface area contributed by atoms with Gasteiger partial charge in [0.1, 0.15) is 23.3 Å². The molecule has 141 heavy (non-hydrogen) atoms. The van der Waals surface area contributed by atoms with Crippen molar-refractivity contribution in [3.05, 3.63) is 339 Å². The van der Waals surface area contributed by atoms with Gasteiger partial charge in [-0.25, -0.2) is 57.4 Å². The van der Waals surface area contributed by atoms with Crippen molar-refractivity contribution in [3.8, 4) is 134 Å². The van der Waals surface area contributed by atoms with E-state index in [4.69, 9.17) is 27.9 Å². The molecular weight excluding hydrogens is 1820 g/mol. The lowest BCUT2D eigenvalue weighted by Crippen LogP contribution is -2.38. The standard InChI is InChI=1S/C28H24ClFN6O.C28H25FN6.C27H24ClFN6.C27H23FN6/c29-22-3-4-26(30)25(13-22)27-14-24(23-2-1-5-32-28(23)34-27)20-12-19(15-31-16-20)21-17-33-36(18-21)7-6-35-8-10-37-11-9-35;1-34-11-8-22(9-12-34)35-18-21(17-32-35)19-13-20(16-30-15-19)25-14-27(24-5-2-3-7-26(24)29)33-28-23(25)6-4-10-31-28;1-34(2)9-4-10-35-17-20(16-32-35)18-11-19(15-30-14-18)23-13-26(24-12-21(28)6-7-25(24)29)33-27-22(23)5-3-8-31-27;28-25-6-2-1-4-23(25)26-13-24(22-5-3-9-31-27(22)33-26)19-12-18(14-30-15-19)20-16-32-34(17-20)21-7-10-29-11-8-21/h1-5,12-18H,6-11H2;2-7,10,13-18,22H,8-9,11-12H2,1H3;3,5-8,11-17H,4,9-10H2,1-2H3;1-6,9,12-17,21,29H,7-8,10-11H2. The van der Waals surface area contributed by atoms with E-state index < -0.39 is 11.6 Å². The predicted molar refractivity (Wildman–Crippen MR) is 545 cm³/mol. The summed E-state index contributed by atoms with van der Waals surface area (Å²) in [5.74, 6) is -1.41. The molecule has 0 amide bonds. The van der Waals surface area contributed by atoms with Crippen LogP contribution in [0.15, 0.2) is 306 Å². The fraction of sp³-hybridized carbons (Fsp3) is 0.200. The first-order valence-electron chi connectivity index (χ1n) is 46.8. The average Bonchev–Trinajstić information content (AvgIpc) is 1.38. The molecule has 0 spiro atoms. The number of halogens is 6.